The number of β-amino-alcohol motifs (C(OH)–C–C–N with tert-alkyl or cyclic N) is 1. The molecule has 2 fully saturated rings. The number of imidazole rings is 1. The molecule has 2 aliphatic rings. The Bertz CT molecular complexity index is 659. The van der Waals surface area contributed by atoms with E-state index in [0.29, 0.717) is 12.2 Å². The van der Waals surface area contributed by atoms with E-state index in [1.54, 1.807) is 12.7 Å². The summed E-state index contributed by atoms with van der Waals surface area (Å²) in [5.41, 5.74) is 1.03. The molecule has 0 aliphatic carbocycles. The van der Waals surface area contributed by atoms with Gasteiger partial charge in [-0.2, -0.15) is 0 Å². The average molecular weight is 317 g/mol. The van der Waals surface area contributed by atoms with Crippen LogP contribution in [0.3, 0.4) is 0 Å². The third-order valence-corrected chi connectivity index (χ3v) is 4.84. The summed E-state index contributed by atoms with van der Waals surface area (Å²) in [7, 11) is 0. The maximum atomic E-state index is 10.7. The van der Waals surface area contributed by atoms with Crippen molar-refractivity contribution in [1.82, 2.24) is 30.2 Å². The molecule has 0 aromatic carbocycles. The van der Waals surface area contributed by atoms with Gasteiger partial charge >= 0.3 is 0 Å². The lowest BCUT2D eigenvalue weighted by Crippen LogP contribution is -2.56. The van der Waals surface area contributed by atoms with Crippen LogP contribution in [0.4, 0.5) is 5.82 Å². The highest BCUT2D eigenvalue weighted by Crippen LogP contribution is 2.22. The number of piperidine rings is 1. The lowest BCUT2D eigenvalue weighted by atomic mass is 9.93. The van der Waals surface area contributed by atoms with Crippen molar-refractivity contribution in [2.45, 2.75) is 18.4 Å². The molecule has 0 unspecified atom stereocenters. The van der Waals surface area contributed by atoms with Gasteiger partial charge in [0, 0.05) is 39.3 Å². The SMILES string of the molecule is O[C@@]1(CN2CCN(c3ncnc4nc[nH]c34)CC2)CCCNC1. The van der Waals surface area contributed by atoms with Gasteiger partial charge in [-0.05, 0) is 19.4 Å². The molecule has 8 nitrogen and oxygen atoms in total. The van der Waals surface area contributed by atoms with Crippen LogP contribution >= 0.6 is 0 Å². The molecule has 0 spiro atoms. The fourth-order valence-corrected chi connectivity index (χ4v) is 3.61. The molecule has 2 aromatic rings. The summed E-state index contributed by atoms with van der Waals surface area (Å²) < 4.78 is 0. The van der Waals surface area contributed by atoms with Crippen LogP contribution in [0, 0.1) is 0 Å². The van der Waals surface area contributed by atoms with Crippen LogP contribution in [0.1, 0.15) is 12.8 Å². The summed E-state index contributed by atoms with van der Waals surface area (Å²) in [5, 5.41) is 14.0. The number of hydrogen-bond acceptors (Lipinski definition) is 7. The number of rotatable bonds is 3. The predicted molar refractivity (Wildman–Crippen MR) is 87.4 cm³/mol. The minimum atomic E-state index is -0.577. The molecule has 2 saturated heterocycles. The van der Waals surface area contributed by atoms with E-state index >= 15 is 0 Å². The number of piperazine rings is 1. The highest BCUT2D eigenvalue weighted by Gasteiger charge is 2.32. The van der Waals surface area contributed by atoms with Gasteiger partial charge in [0.2, 0.25) is 0 Å². The first-order valence-electron chi connectivity index (χ1n) is 8.28. The summed E-state index contributed by atoms with van der Waals surface area (Å²) in [6.45, 7) is 6.13. The molecule has 2 aliphatic heterocycles. The van der Waals surface area contributed by atoms with Gasteiger partial charge in [-0.15, -0.1) is 0 Å². The van der Waals surface area contributed by atoms with E-state index in [4.69, 9.17) is 0 Å². The number of aliphatic hydroxyl groups is 1. The molecule has 3 N–H and O–H groups in total. The predicted octanol–water partition coefficient (Wildman–Crippen LogP) is -0.411. The second-order valence-electron chi connectivity index (χ2n) is 6.57. The van der Waals surface area contributed by atoms with Crippen LogP contribution in [0.25, 0.3) is 11.2 Å². The zero-order valence-electron chi connectivity index (χ0n) is 13.2. The van der Waals surface area contributed by atoms with Crippen LogP contribution in [0.5, 0.6) is 0 Å². The molecular weight excluding hydrogens is 294 g/mol. The molecule has 124 valence electrons. The van der Waals surface area contributed by atoms with E-state index in [-0.39, 0.29) is 0 Å². The molecular formula is C15H23N7O. The number of H-pyrrole nitrogens is 1. The van der Waals surface area contributed by atoms with Gasteiger partial charge in [-0.1, -0.05) is 0 Å². The van der Waals surface area contributed by atoms with Crippen molar-refractivity contribution in [3.05, 3.63) is 12.7 Å². The van der Waals surface area contributed by atoms with Crippen molar-refractivity contribution < 1.29 is 5.11 Å². The minimum absolute atomic E-state index is 0.577. The fraction of sp³-hybridized carbons (Fsp3) is 0.667. The molecule has 8 heteroatoms. The number of fused-ring (bicyclic) bond motifs is 1. The van der Waals surface area contributed by atoms with Gasteiger partial charge in [0.25, 0.3) is 0 Å². The van der Waals surface area contributed by atoms with E-state index < -0.39 is 5.60 Å². The van der Waals surface area contributed by atoms with Crippen LogP contribution in [0.15, 0.2) is 12.7 Å². The van der Waals surface area contributed by atoms with Gasteiger partial charge in [0.1, 0.15) is 11.8 Å². The van der Waals surface area contributed by atoms with E-state index in [0.717, 1.165) is 63.4 Å². The number of aromatic nitrogens is 4. The Kier molecular flexibility index (Phi) is 3.88. The van der Waals surface area contributed by atoms with Crippen molar-refractivity contribution >= 4 is 17.0 Å². The van der Waals surface area contributed by atoms with E-state index in [1.165, 1.54) is 0 Å². The number of nitrogens with one attached hydrogen (secondary N) is 2. The van der Waals surface area contributed by atoms with Crippen molar-refractivity contribution in [3.8, 4) is 0 Å². The number of aromatic amines is 1. The third kappa shape index (κ3) is 3.01. The largest absolute Gasteiger partial charge is 0.387 e. The second-order valence-corrected chi connectivity index (χ2v) is 6.57. The first kappa shape index (κ1) is 14.8. The Labute approximate surface area is 134 Å². The first-order valence-corrected chi connectivity index (χ1v) is 8.28. The van der Waals surface area contributed by atoms with E-state index in [2.05, 4.69) is 35.1 Å². The number of nitrogens with zero attached hydrogens (tertiary/aromatic N) is 5. The van der Waals surface area contributed by atoms with Gasteiger partial charge in [0.15, 0.2) is 11.5 Å². The lowest BCUT2D eigenvalue weighted by Gasteiger charge is -2.41. The Morgan fingerprint density at radius 2 is 2.04 bits per heavy atom. The van der Waals surface area contributed by atoms with Gasteiger partial charge in [-0.25, -0.2) is 15.0 Å². The monoisotopic (exact) mass is 317 g/mol. The Balaban J connectivity index is 1.40. The van der Waals surface area contributed by atoms with Crippen molar-refractivity contribution in [1.29, 1.82) is 0 Å². The summed E-state index contributed by atoms with van der Waals surface area (Å²) in [6, 6.07) is 0. The van der Waals surface area contributed by atoms with Crippen LogP contribution in [-0.2, 0) is 0 Å². The Morgan fingerprint density at radius 3 is 2.83 bits per heavy atom. The molecule has 0 bridgehead atoms. The van der Waals surface area contributed by atoms with E-state index in [1.807, 2.05) is 0 Å². The van der Waals surface area contributed by atoms with Crippen molar-refractivity contribution in [2.75, 3.05) is 50.7 Å². The number of anilines is 1. The third-order valence-electron chi connectivity index (χ3n) is 4.84. The van der Waals surface area contributed by atoms with Crippen LogP contribution < -0.4 is 10.2 Å². The topological polar surface area (TPSA) is 93.2 Å². The lowest BCUT2D eigenvalue weighted by molar-refractivity contribution is -0.0164. The molecule has 4 heterocycles. The summed E-state index contributed by atoms with van der Waals surface area (Å²) >= 11 is 0. The molecule has 23 heavy (non-hydrogen) atoms. The molecule has 0 radical (unpaired) electrons. The summed E-state index contributed by atoms with van der Waals surface area (Å²) in [4.78, 5) is 20.5. The van der Waals surface area contributed by atoms with Crippen LogP contribution in [-0.4, -0.2) is 81.4 Å². The second kappa shape index (κ2) is 6.03. The zero-order valence-corrected chi connectivity index (χ0v) is 13.2. The number of hydrogen-bond donors (Lipinski definition) is 3. The fourth-order valence-electron chi connectivity index (χ4n) is 3.61. The molecule has 0 saturated carbocycles. The van der Waals surface area contributed by atoms with Crippen LogP contribution in [0.2, 0.25) is 0 Å². The van der Waals surface area contributed by atoms with Gasteiger partial charge < -0.3 is 20.3 Å². The minimum Gasteiger partial charge on any atom is -0.387 e. The zero-order chi connectivity index (χ0) is 15.7. The summed E-state index contributed by atoms with van der Waals surface area (Å²) in [5.74, 6) is 0.921. The highest BCUT2D eigenvalue weighted by atomic mass is 16.3. The molecule has 1 atom stereocenters. The van der Waals surface area contributed by atoms with Gasteiger partial charge in [0.05, 0.1) is 11.9 Å². The average Bonchev–Trinajstić information content (AvgIpc) is 3.04. The Hall–Kier alpha value is -1.77. The quantitative estimate of drug-likeness (QED) is 0.708. The maximum Gasteiger partial charge on any atom is 0.182 e. The maximum absolute atomic E-state index is 10.7. The molecule has 0 amide bonds. The smallest absolute Gasteiger partial charge is 0.182 e. The van der Waals surface area contributed by atoms with Gasteiger partial charge in [-0.3, -0.25) is 4.90 Å². The summed E-state index contributed by atoms with van der Waals surface area (Å²) in [6.07, 6.45) is 5.17. The first-order chi connectivity index (χ1) is 11.2. The molecule has 2 aromatic heterocycles. The normalized spacial score (nSPS) is 26.7. The van der Waals surface area contributed by atoms with Crippen molar-refractivity contribution in [2.24, 2.45) is 0 Å². The highest BCUT2D eigenvalue weighted by molar-refractivity contribution is 5.82. The van der Waals surface area contributed by atoms with E-state index in [9.17, 15) is 5.11 Å². The standard InChI is InChI=1S/C15H23N7O/c23-15(2-1-3-16-8-15)9-21-4-6-22(7-5-21)14-12-13(18-10-17-12)19-11-20-14/h10-11,16,23H,1-9H2,(H,17,18,19,20)/t15-/m0/s1. The van der Waals surface area contributed by atoms with Crippen molar-refractivity contribution in [3.63, 3.8) is 0 Å². The molecule has 4 rings (SSSR count). The Morgan fingerprint density at radius 1 is 1.17 bits per heavy atom.